The third-order valence-corrected chi connectivity index (χ3v) is 4.60. The number of rotatable bonds is 1. The maximum atomic E-state index is 14.5. The number of carbonyl (C=O) groups is 1. The SMILES string of the molecule is CC(C)(C)OC(=O)n1cc(Br)cc1-c1c(Br)ccc(I)c1F. The highest BCUT2D eigenvalue weighted by molar-refractivity contribution is 14.1. The van der Waals surface area contributed by atoms with Crippen LogP contribution in [0.4, 0.5) is 9.18 Å². The Morgan fingerprint density at radius 3 is 2.55 bits per heavy atom. The molecule has 1 aromatic carbocycles. The zero-order chi connectivity index (χ0) is 16.7. The first-order valence-electron chi connectivity index (χ1n) is 6.35. The molecule has 118 valence electrons. The zero-order valence-corrected chi connectivity index (χ0v) is 17.4. The van der Waals surface area contributed by atoms with Gasteiger partial charge < -0.3 is 4.74 Å². The fraction of sp³-hybridized carbons (Fsp3) is 0.267. The van der Waals surface area contributed by atoms with Gasteiger partial charge in [0, 0.05) is 24.3 Å². The van der Waals surface area contributed by atoms with Crippen molar-refractivity contribution in [3.05, 3.63) is 42.7 Å². The van der Waals surface area contributed by atoms with Crippen LogP contribution in [0.5, 0.6) is 0 Å². The van der Waals surface area contributed by atoms with Gasteiger partial charge in [-0.2, -0.15) is 0 Å². The zero-order valence-electron chi connectivity index (χ0n) is 12.1. The Kier molecular flexibility index (Phi) is 5.38. The highest BCUT2D eigenvalue weighted by Gasteiger charge is 2.24. The molecule has 2 rings (SSSR count). The first-order chi connectivity index (χ1) is 10.1. The van der Waals surface area contributed by atoms with Crippen molar-refractivity contribution < 1.29 is 13.9 Å². The minimum absolute atomic E-state index is 0.323. The molecular formula is C15H13Br2FINO2. The molecule has 0 bridgehead atoms. The van der Waals surface area contributed by atoms with E-state index >= 15 is 0 Å². The molecule has 2 aromatic rings. The molecule has 22 heavy (non-hydrogen) atoms. The monoisotopic (exact) mass is 543 g/mol. The second-order valence-corrected chi connectivity index (χ2v) is 8.54. The Morgan fingerprint density at radius 1 is 1.32 bits per heavy atom. The fourth-order valence-corrected chi connectivity index (χ4v) is 3.23. The summed E-state index contributed by atoms with van der Waals surface area (Å²) in [6.45, 7) is 5.35. The average Bonchev–Trinajstić information content (AvgIpc) is 2.74. The van der Waals surface area contributed by atoms with Gasteiger partial charge in [-0.05, 0) is 93.4 Å². The van der Waals surface area contributed by atoms with Crippen molar-refractivity contribution >= 4 is 60.5 Å². The van der Waals surface area contributed by atoms with Crippen LogP contribution in [0, 0.1) is 9.39 Å². The summed E-state index contributed by atoms with van der Waals surface area (Å²) in [5.41, 5.74) is 0.110. The van der Waals surface area contributed by atoms with E-state index in [1.807, 2.05) is 22.6 Å². The predicted molar refractivity (Wildman–Crippen MR) is 99.6 cm³/mol. The highest BCUT2D eigenvalue weighted by Crippen LogP contribution is 2.35. The summed E-state index contributed by atoms with van der Waals surface area (Å²) in [4.78, 5) is 12.4. The first-order valence-corrected chi connectivity index (χ1v) is 9.02. The number of benzene rings is 1. The summed E-state index contributed by atoms with van der Waals surface area (Å²) >= 11 is 8.59. The van der Waals surface area contributed by atoms with Crippen LogP contribution >= 0.6 is 54.5 Å². The van der Waals surface area contributed by atoms with Crippen LogP contribution in [0.3, 0.4) is 0 Å². The topological polar surface area (TPSA) is 31.2 Å². The average molecular weight is 545 g/mol. The van der Waals surface area contributed by atoms with E-state index in [0.717, 1.165) is 0 Å². The summed E-state index contributed by atoms with van der Waals surface area (Å²) in [6.07, 6.45) is 1.01. The second-order valence-electron chi connectivity index (χ2n) is 5.61. The normalized spacial score (nSPS) is 11.6. The van der Waals surface area contributed by atoms with E-state index < -0.39 is 11.7 Å². The quantitative estimate of drug-likeness (QED) is 0.316. The lowest BCUT2D eigenvalue weighted by molar-refractivity contribution is 0.0540. The van der Waals surface area contributed by atoms with E-state index in [0.29, 0.717) is 23.8 Å². The van der Waals surface area contributed by atoms with Gasteiger partial charge in [0.2, 0.25) is 0 Å². The van der Waals surface area contributed by atoms with Gasteiger partial charge in [0.1, 0.15) is 11.4 Å². The summed E-state index contributed by atoms with van der Waals surface area (Å²) in [7, 11) is 0. The largest absolute Gasteiger partial charge is 0.443 e. The van der Waals surface area contributed by atoms with Crippen LogP contribution in [0.1, 0.15) is 20.8 Å². The smallest absolute Gasteiger partial charge is 0.419 e. The summed E-state index contributed by atoms with van der Waals surface area (Å²) < 4.78 is 22.9. The number of ether oxygens (including phenoxy) is 1. The van der Waals surface area contributed by atoms with Crippen LogP contribution in [-0.2, 0) is 4.74 Å². The molecule has 7 heteroatoms. The van der Waals surface area contributed by atoms with Gasteiger partial charge >= 0.3 is 6.09 Å². The van der Waals surface area contributed by atoms with E-state index in [1.54, 1.807) is 45.2 Å². The predicted octanol–water partition coefficient (Wildman–Crippen LogP) is 6.21. The molecule has 0 unspecified atom stereocenters. The molecular weight excluding hydrogens is 532 g/mol. The van der Waals surface area contributed by atoms with Gasteiger partial charge in [-0.15, -0.1) is 0 Å². The molecule has 0 radical (unpaired) electrons. The molecule has 0 aliphatic carbocycles. The Balaban J connectivity index is 2.59. The third kappa shape index (κ3) is 3.91. The van der Waals surface area contributed by atoms with Gasteiger partial charge in [0.05, 0.1) is 5.69 Å². The lowest BCUT2D eigenvalue weighted by atomic mass is 10.1. The molecule has 0 aliphatic rings. The van der Waals surface area contributed by atoms with Crippen LogP contribution < -0.4 is 0 Å². The number of halogens is 4. The molecule has 0 saturated carbocycles. The molecule has 0 atom stereocenters. The van der Waals surface area contributed by atoms with E-state index in [-0.39, 0.29) is 5.82 Å². The van der Waals surface area contributed by atoms with Crippen LogP contribution in [0.2, 0.25) is 0 Å². The Morgan fingerprint density at radius 2 is 1.95 bits per heavy atom. The second kappa shape index (κ2) is 6.60. The molecule has 0 saturated heterocycles. The van der Waals surface area contributed by atoms with Crippen molar-refractivity contribution in [1.82, 2.24) is 4.57 Å². The molecule has 0 aliphatic heterocycles. The van der Waals surface area contributed by atoms with Crippen molar-refractivity contribution in [2.75, 3.05) is 0 Å². The van der Waals surface area contributed by atoms with Crippen molar-refractivity contribution in [1.29, 1.82) is 0 Å². The summed E-state index contributed by atoms with van der Waals surface area (Å²) in [6, 6.07) is 5.10. The van der Waals surface area contributed by atoms with Crippen LogP contribution in [0.15, 0.2) is 33.3 Å². The molecule has 3 nitrogen and oxygen atoms in total. The molecule has 1 heterocycles. The van der Waals surface area contributed by atoms with Gasteiger partial charge in [0.25, 0.3) is 0 Å². The molecule has 0 fully saturated rings. The van der Waals surface area contributed by atoms with E-state index in [2.05, 4.69) is 31.9 Å². The number of hydrogen-bond donors (Lipinski definition) is 0. The van der Waals surface area contributed by atoms with Gasteiger partial charge in [-0.25, -0.2) is 9.18 Å². The van der Waals surface area contributed by atoms with Gasteiger partial charge in [-0.3, -0.25) is 4.57 Å². The molecule has 1 aromatic heterocycles. The van der Waals surface area contributed by atoms with Gasteiger partial charge in [-0.1, -0.05) is 0 Å². The van der Waals surface area contributed by atoms with Crippen molar-refractivity contribution in [2.24, 2.45) is 0 Å². The Bertz CT molecular complexity index is 738. The van der Waals surface area contributed by atoms with Gasteiger partial charge in [0.15, 0.2) is 0 Å². The maximum Gasteiger partial charge on any atom is 0.419 e. The minimum Gasteiger partial charge on any atom is -0.443 e. The fourth-order valence-electron chi connectivity index (χ4n) is 1.85. The lowest BCUT2D eigenvalue weighted by Gasteiger charge is -2.20. The van der Waals surface area contributed by atoms with E-state index in [1.165, 1.54) is 4.57 Å². The molecule has 0 amide bonds. The molecule has 0 spiro atoms. The lowest BCUT2D eigenvalue weighted by Crippen LogP contribution is -2.27. The van der Waals surface area contributed by atoms with Crippen molar-refractivity contribution in [3.8, 4) is 11.3 Å². The Labute approximate surface area is 158 Å². The number of aromatic nitrogens is 1. The number of hydrogen-bond acceptors (Lipinski definition) is 2. The van der Waals surface area contributed by atoms with Crippen LogP contribution in [-0.4, -0.2) is 16.3 Å². The standard InChI is InChI=1S/C15H13Br2FINO2/c1-15(2,3)22-14(21)20-7-8(16)6-11(20)12-9(17)4-5-10(19)13(12)18/h4-7H,1-3H3. The number of nitrogens with zero attached hydrogens (tertiary/aromatic N) is 1. The number of carbonyl (C=O) groups excluding carboxylic acids is 1. The van der Waals surface area contributed by atoms with Crippen molar-refractivity contribution in [3.63, 3.8) is 0 Å². The third-order valence-electron chi connectivity index (χ3n) is 2.68. The Hall–Kier alpha value is -0.410. The first kappa shape index (κ1) is 17.9. The maximum absolute atomic E-state index is 14.5. The molecule has 0 N–H and O–H groups in total. The van der Waals surface area contributed by atoms with E-state index in [9.17, 15) is 9.18 Å². The van der Waals surface area contributed by atoms with Crippen LogP contribution in [0.25, 0.3) is 11.3 Å². The minimum atomic E-state index is -0.633. The van der Waals surface area contributed by atoms with E-state index in [4.69, 9.17) is 4.74 Å². The summed E-state index contributed by atoms with van der Waals surface area (Å²) in [5, 5.41) is 0. The summed E-state index contributed by atoms with van der Waals surface area (Å²) in [5.74, 6) is -0.384. The highest BCUT2D eigenvalue weighted by atomic mass is 127. The van der Waals surface area contributed by atoms with Crippen molar-refractivity contribution in [2.45, 2.75) is 26.4 Å².